The van der Waals surface area contributed by atoms with Crippen LogP contribution in [0.2, 0.25) is 5.02 Å². The summed E-state index contributed by atoms with van der Waals surface area (Å²) in [7, 11) is -3.55. The minimum Gasteiger partial charge on any atom is -0.355 e. The molecule has 7 heteroatoms. The van der Waals surface area contributed by atoms with E-state index in [0.29, 0.717) is 17.9 Å². The summed E-state index contributed by atoms with van der Waals surface area (Å²) < 4.78 is 26.7. The number of carbonyl (C=O) groups excluding carboxylic acids is 1. The van der Waals surface area contributed by atoms with Crippen molar-refractivity contribution in [2.75, 3.05) is 13.1 Å². The van der Waals surface area contributed by atoms with Crippen LogP contribution in [0.25, 0.3) is 0 Å². The van der Waals surface area contributed by atoms with Crippen molar-refractivity contribution in [1.29, 1.82) is 0 Å². The SMILES string of the molecule is Cc1ccc(S(=O)(=O)NCCNC(=O)CCc2ccccc2Cl)cc1. The number of nitrogens with one attached hydrogen (secondary N) is 2. The molecule has 0 heterocycles. The van der Waals surface area contributed by atoms with E-state index in [1.54, 1.807) is 30.3 Å². The first-order valence-corrected chi connectivity index (χ1v) is 9.81. The van der Waals surface area contributed by atoms with E-state index in [2.05, 4.69) is 10.0 Å². The zero-order valence-electron chi connectivity index (χ0n) is 14.0. The Morgan fingerprint density at radius 2 is 1.72 bits per heavy atom. The minimum atomic E-state index is -3.55. The highest BCUT2D eigenvalue weighted by Crippen LogP contribution is 2.16. The Balaban J connectivity index is 1.72. The van der Waals surface area contributed by atoms with Crippen molar-refractivity contribution in [3.05, 3.63) is 64.7 Å². The molecule has 0 unspecified atom stereocenters. The molecule has 0 spiro atoms. The summed E-state index contributed by atoms with van der Waals surface area (Å²) in [5.74, 6) is -0.144. The summed E-state index contributed by atoms with van der Waals surface area (Å²) in [6.07, 6.45) is 0.842. The Labute approximate surface area is 153 Å². The highest BCUT2D eigenvalue weighted by molar-refractivity contribution is 7.89. The summed E-state index contributed by atoms with van der Waals surface area (Å²) in [5.41, 5.74) is 1.91. The summed E-state index contributed by atoms with van der Waals surface area (Å²) in [4.78, 5) is 12.0. The van der Waals surface area contributed by atoms with E-state index in [9.17, 15) is 13.2 Å². The molecule has 0 fully saturated rings. The minimum absolute atomic E-state index is 0.133. The number of hydrogen-bond donors (Lipinski definition) is 2. The van der Waals surface area contributed by atoms with E-state index in [1.807, 2.05) is 25.1 Å². The van der Waals surface area contributed by atoms with Crippen LogP contribution in [-0.4, -0.2) is 27.4 Å². The van der Waals surface area contributed by atoms with Gasteiger partial charge in [-0.25, -0.2) is 13.1 Å². The predicted octanol–water partition coefficient (Wildman–Crippen LogP) is 2.68. The third-order valence-electron chi connectivity index (χ3n) is 3.65. The fourth-order valence-corrected chi connectivity index (χ4v) is 3.49. The number of carbonyl (C=O) groups is 1. The predicted molar refractivity (Wildman–Crippen MR) is 99.2 cm³/mol. The highest BCUT2D eigenvalue weighted by Gasteiger charge is 2.12. The Morgan fingerprint density at radius 3 is 2.40 bits per heavy atom. The second-order valence-electron chi connectivity index (χ2n) is 5.65. The lowest BCUT2D eigenvalue weighted by Gasteiger charge is -2.09. The van der Waals surface area contributed by atoms with E-state index in [0.717, 1.165) is 11.1 Å². The van der Waals surface area contributed by atoms with Gasteiger partial charge < -0.3 is 5.32 Å². The summed E-state index contributed by atoms with van der Waals surface area (Å²) in [6.45, 7) is 2.25. The molecule has 2 rings (SSSR count). The van der Waals surface area contributed by atoms with Crippen LogP contribution >= 0.6 is 11.6 Å². The molecule has 0 atom stereocenters. The number of sulfonamides is 1. The zero-order valence-corrected chi connectivity index (χ0v) is 15.5. The normalized spacial score (nSPS) is 11.3. The van der Waals surface area contributed by atoms with Gasteiger partial charge in [0, 0.05) is 24.5 Å². The van der Waals surface area contributed by atoms with Crippen LogP contribution in [0.1, 0.15) is 17.5 Å². The van der Waals surface area contributed by atoms with Crippen LogP contribution in [0, 0.1) is 6.92 Å². The van der Waals surface area contributed by atoms with Gasteiger partial charge in [0.25, 0.3) is 0 Å². The van der Waals surface area contributed by atoms with Crippen LogP contribution in [-0.2, 0) is 21.2 Å². The second kappa shape index (κ2) is 8.99. The Morgan fingerprint density at radius 1 is 1.04 bits per heavy atom. The monoisotopic (exact) mass is 380 g/mol. The van der Waals surface area contributed by atoms with Crippen LogP contribution < -0.4 is 10.0 Å². The maximum absolute atomic E-state index is 12.1. The van der Waals surface area contributed by atoms with Gasteiger partial charge in [-0.1, -0.05) is 47.5 Å². The first-order valence-electron chi connectivity index (χ1n) is 7.95. The maximum atomic E-state index is 12.1. The van der Waals surface area contributed by atoms with Crippen molar-refractivity contribution in [3.63, 3.8) is 0 Å². The first kappa shape index (κ1) is 19.4. The topological polar surface area (TPSA) is 75.3 Å². The fourth-order valence-electron chi connectivity index (χ4n) is 2.23. The van der Waals surface area contributed by atoms with Crippen molar-refractivity contribution >= 4 is 27.5 Å². The molecule has 1 amide bonds. The van der Waals surface area contributed by atoms with Crippen LogP contribution in [0.3, 0.4) is 0 Å². The third-order valence-corrected chi connectivity index (χ3v) is 5.50. The average molecular weight is 381 g/mol. The van der Waals surface area contributed by atoms with Gasteiger partial charge in [-0.15, -0.1) is 0 Å². The number of amides is 1. The van der Waals surface area contributed by atoms with Crippen LogP contribution in [0.15, 0.2) is 53.4 Å². The van der Waals surface area contributed by atoms with E-state index < -0.39 is 10.0 Å². The molecule has 0 saturated carbocycles. The summed E-state index contributed by atoms with van der Waals surface area (Å²) >= 11 is 6.04. The van der Waals surface area contributed by atoms with Gasteiger partial charge >= 0.3 is 0 Å². The van der Waals surface area contributed by atoms with E-state index >= 15 is 0 Å². The number of halogens is 1. The van der Waals surface area contributed by atoms with E-state index in [1.165, 1.54) is 0 Å². The first-order chi connectivity index (χ1) is 11.9. The van der Waals surface area contributed by atoms with Crippen molar-refractivity contribution in [1.82, 2.24) is 10.0 Å². The van der Waals surface area contributed by atoms with Gasteiger partial charge in [-0.3, -0.25) is 4.79 Å². The quantitative estimate of drug-likeness (QED) is 0.691. The lowest BCUT2D eigenvalue weighted by molar-refractivity contribution is -0.121. The zero-order chi connectivity index (χ0) is 18.3. The number of hydrogen-bond acceptors (Lipinski definition) is 3. The highest BCUT2D eigenvalue weighted by atomic mass is 35.5. The largest absolute Gasteiger partial charge is 0.355 e. The molecule has 0 aromatic heterocycles. The summed E-state index contributed by atoms with van der Waals surface area (Å²) in [6, 6.07) is 14.0. The third kappa shape index (κ3) is 6.16. The molecule has 2 N–H and O–H groups in total. The van der Waals surface area contributed by atoms with Gasteiger partial charge in [-0.05, 0) is 37.1 Å². The maximum Gasteiger partial charge on any atom is 0.240 e. The Bertz CT molecular complexity index is 820. The van der Waals surface area contributed by atoms with Crippen molar-refractivity contribution in [3.8, 4) is 0 Å². The van der Waals surface area contributed by atoms with Gasteiger partial charge in [0.15, 0.2) is 0 Å². The number of aryl methyl sites for hydroxylation is 2. The molecular weight excluding hydrogens is 360 g/mol. The molecular formula is C18H21ClN2O3S. The van der Waals surface area contributed by atoms with Crippen LogP contribution in [0.5, 0.6) is 0 Å². The molecule has 2 aromatic carbocycles. The molecule has 0 saturated heterocycles. The van der Waals surface area contributed by atoms with Gasteiger partial charge in [0.05, 0.1) is 4.90 Å². The fraction of sp³-hybridized carbons (Fsp3) is 0.278. The lowest BCUT2D eigenvalue weighted by Crippen LogP contribution is -2.34. The lowest BCUT2D eigenvalue weighted by atomic mass is 10.1. The number of rotatable bonds is 8. The Hall–Kier alpha value is -1.89. The molecule has 0 aliphatic heterocycles. The molecule has 0 radical (unpaired) electrons. The molecule has 5 nitrogen and oxygen atoms in total. The molecule has 134 valence electrons. The molecule has 2 aromatic rings. The van der Waals surface area contributed by atoms with E-state index in [-0.39, 0.29) is 23.9 Å². The smallest absolute Gasteiger partial charge is 0.240 e. The van der Waals surface area contributed by atoms with Gasteiger partial charge in [0.1, 0.15) is 0 Å². The van der Waals surface area contributed by atoms with E-state index in [4.69, 9.17) is 11.6 Å². The Kier molecular flexibility index (Phi) is 6.99. The number of benzene rings is 2. The molecule has 25 heavy (non-hydrogen) atoms. The van der Waals surface area contributed by atoms with Crippen molar-refractivity contribution in [2.24, 2.45) is 0 Å². The van der Waals surface area contributed by atoms with Crippen molar-refractivity contribution in [2.45, 2.75) is 24.7 Å². The molecule has 0 aliphatic carbocycles. The molecule has 0 bridgehead atoms. The van der Waals surface area contributed by atoms with Crippen LogP contribution in [0.4, 0.5) is 0 Å². The summed E-state index contributed by atoms with van der Waals surface area (Å²) in [5, 5.41) is 3.34. The van der Waals surface area contributed by atoms with Crippen molar-refractivity contribution < 1.29 is 13.2 Å². The van der Waals surface area contributed by atoms with Gasteiger partial charge in [-0.2, -0.15) is 0 Å². The average Bonchev–Trinajstić information content (AvgIpc) is 2.58. The molecule has 0 aliphatic rings. The van der Waals surface area contributed by atoms with Gasteiger partial charge in [0.2, 0.25) is 15.9 Å². The second-order valence-corrected chi connectivity index (χ2v) is 7.83. The standard InChI is InChI=1S/C18H21ClN2O3S/c1-14-6-9-16(10-7-14)25(23,24)21-13-12-20-18(22)11-8-15-4-2-3-5-17(15)19/h2-7,9-10,21H,8,11-13H2,1H3,(H,20,22).